The first-order valence-corrected chi connectivity index (χ1v) is 9.74. The molecule has 0 fully saturated rings. The molecule has 144 valence electrons. The lowest BCUT2D eigenvalue weighted by Gasteiger charge is -2.16. The molecule has 1 unspecified atom stereocenters. The van der Waals surface area contributed by atoms with Gasteiger partial charge in [0.2, 0.25) is 10.0 Å². The number of nitrogens with zero attached hydrogens (tertiary/aromatic N) is 1. The second kappa shape index (κ2) is 11.5. The van der Waals surface area contributed by atoms with E-state index in [0.29, 0.717) is 18.1 Å². The largest absolute Gasteiger partial charge is 0.357 e. The SMILES string of the molecule is CCNC(=NCCS(=O)(=O)Nc1ccc(C)c(F)c1)NC(C)CC.I. The molecular formula is C16H28FIN4O2S. The fourth-order valence-corrected chi connectivity index (χ4v) is 2.74. The fraction of sp³-hybridized carbons (Fsp3) is 0.562. The van der Waals surface area contributed by atoms with Crippen molar-refractivity contribution in [2.45, 2.75) is 40.2 Å². The number of rotatable bonds is 8. The number of nitrogens with one attached hydrogen (secondary N) is 3. The average molecular weight is 486 g/mol. The Kier molecular flexibility index (Phi) is 11.0. The van der Waals surface area contributed by atoms with Crippen LogP contribution in [0.2, 0.25) is 0 Å². The minimum Gasteiger partial charge on any atom is -0.357 e. The number of guanidine groups is 1. The maximum absolute atomic E-state index is 13.5. The zero-order chi connectivity index (χ0) is 18.2. The van der Waals surface area contributed by atoms with Crippen molar-refractivity contribution in [1.29, 1.82) is 0 Å². The Morgan fingerprint density at radius 3 is 2.56 bits per heavy atom. The van der Waals surface area contributed by atoms with E-state index in [4.69, 9.17) is 0 Å². The molecule has 1 atom stereocenters. The monoisotopic (exact) mass is 486 g/mol. The van der Waals surface area contributed by atoms with Gasteiger partial charge in [0.05, 0.1) is 18.0 Å². The Hall–Kier alpha value is -1.10. The molecule has 1 aromatic rings. The molecule has 6 nitrogen and oxygen atoms in total. The van der Waals surface area contributed by atoms with Crippen molar-refractivity contribution in [3.05, 3.63) is 29.6 Å². The molecule has 0 aliphatic carbocycles. The highest BCUT2D eigenvalue weighted by Crippen LogP contribution is 2.14. The van der Waals surface area contributed by atoms with E-state index in [1.54, 1.807) is 6.92 Å². The first kappa shape index (κ1) is 23.9. The molecule has 0 bridgehead atoms. The van der Waals surface area contributed by atoms with Gasteiger partial charge in [-0.05, 0) is 44.9 Å². The maximum atomic E-state index is 13.5. The van der Waals surface area contributed by atoms with Gasteiger partial charge in [0.15, 0.2) is 5.96 Å². The smallest absolute Gasteiger partial charge is 0.234 e. The normalized spacial score (nSPS) is 12.9. The maximum Gasteiger partial charge on any atom is 0.234 e. The third kappa shape index (κ3) is 9.24. The van der Waals surface area contributed by atoms with Crippen LogP contribution < -0.4 is 15.4 Å². The predicted molar refractivity (Wildman–Crippen MR) is 113 cm³/mol. The quantitative estimate of drug-likeness (QED) is 0.300. The second-order valence-electron chi connectivity index (χ2n) is 5.60. The van der Waals surface area contributed by atoms with E-state index in [0.717, 1.165) is 6.42 Å². The van der Waals surface area contributed by atoms with Crippen LogP contribution in [0.4, 0.5) is 10.1 Å². The lowest BCUT2D eigenvalue weighted by Crippen LogP contribution is -2.42. The van der Waals surface area contributed by atoms with Crippen LogP contribution >= 0.6 is 24.0 Å². The van der Waals surface area contributed by atoms with Gasteiger partial charge >= 0.3 is 0 Å². The van der Waals surface area contributed by atoms with Crippen molar-refractivity contribution in [1.82, 2.24) is 10.6 Å². The van der Waals surface area contributed by atoms with Gasteiger partial charge in [-0.25, -0.2) is 12.8 Å². The highest BCUT2D eigenvalue weighted by atomic mass is 127. The van der Waals surface area contributed by atoms with Crippen molar-refractivity contribution < 1.29 is 12.8 Å². The standard InChI is InChI=1S/C16H27FN4O2S.HI/c1-5-13(4)20-16(18-6-2)19-9-10-24(22,23)21-14-8-7-12(3)15(17)11-14;/h7-8,11,13,21H,5-6,9-10H2,1-4H3,(H2,18,19,20);1H. The van der Waals surface area contributed by atoms with Gasteiger partial charge in [-0.1, -0.05) is 13.0 Å². The molecular weight excluding hydrogens is 458 g/mol. The Morgan fingerprint density at radius 2 is 2.00 bits per heavy atom. The summed E-state index contributed by atoms with van der Waals surface area (Å²) in [7, 11) is -3.59. The predicted octanol–water partition coefficient (Wildman–Crippen LogP) is 2.85. The van der Waals surface area contributed by atoms with Crippen LogP contribution in [0.15, 0.2) is 23.2 Å². The lowest BCUT2D eigenvalue weighted by atomic mass is 10.2. The summed E-state index contributed by atoms with van der Waals surface area (Å²) in [4.78, 5) is 4.26. The van der Waals surface area contributed by atoms with Crippen LogP contribution in [-0.4, -0.2) is 39.3 Å². The summed E-state index contributed by atoms with van der Waals surface area (Å²) in [6.07, 6.45) is 0.934. The molecule has 0 radical (unpaired) electrons. The molecule has 9 heteroatoms. The summed E-state index contributed by atoms with van der Waals surface area (Å²) < 4.78 is 40.0. The van der Waals surface area contributed by atoms with Crippen molar-refractivity contribution >= 4 is 45.6 Å². The summed E-state index contributed by atoms with van der Waals surface area (Å²) >= 11 is 0. The van der Waals surface area contributed by atoms with E-state index in [9.17, 15) is 12.8 Å². The molecule has 0 spiro atoms. The molecule has 1 rings (SSSR count). The second-order valence-corrected chi connectivity index (χ2v) is 7.44. The summed E-state index contributed by atoms with van der Waals surface area (Å²) in [6.45, 7) is 8.44. The summed E-state index contributed by atoms with van der Waals surface area (Å²) in [5, 5.41) is 6.26. The van der Waals surface area contributed by atoms with E-state index in [2.05, 4.69) is 27.3 Å². The van der Waals surface area contributed by atoms with Gasteiger partial charge in [-0.15, -0.1) is 24.0 Å². The number of aliphatic imine (C=N–C) groups is 1. The minimum atomic E-state index is -3.59. The number of anilines is 1. The van der Waals surface area contributed by atoms with Crippen molar-refractivity contribution in [3.8, 4) is 0 Å². The topological polar surface area (TPSA) is 82.6 Å². The van der Waals surface area contributed by atoms with E-state index in [-0.39, 0.29) is 48.0 Å². The first-order chi connectivity index (χ1) is 11.3. The number of aryl methyl sites for hydroxylation is 1. The zero-order valence-corrected chi connectivity index (χ0v) is 18.2. The number of hydrogen-bond acceptors (Lipinski definition) is 3. The third-order valence-electron chi connectivity index (χ3n) is 3.41. The summed E-state index contributed by atoms with van der Waals surface area (Å²) in [5.41, 5.74) is 0.681. The van der Waals surface area contributed by atoms with Crippen LogP contribution in [-0.2, 0) is 10.0 Å². The Balaban J connectivity index is 0.00000576. The Morgan fingerprint density at radius 1 is 1.32 bits per heavy atom. The third-order valence-corrected chi connectivity index (χ3v) is 4.68. The summed E-state index contributed by atoms with van der Waals surface area (Å²) in [5.74, 6) is -0.0385. The van der Waals surface area contributed by atoms with Gasteiger partial charge in [-0.2, -0.15) is 0 Å². The van der Waals surface area contributed by atoms with Gasteiger partial charge in [0.1, 0.15) is 5.82 Å². The number of benzene rings is 1. The number of halogens is 2. The molecule has 1 aromatic carbocycles. The van der Waals surface area contributed by atoms with Crippen molar-refractivity contribution in [2.75, 3.05) is 23.6 Å². The Bertz CT molecular complexity index is 668. The van der Waals surface area contributed by atoms with Crippen LogP contribution in [0.1, 0.15) is 32.8 Å². The summed E-state index contributed by atoms with van der Waals surface area (Å²) in [6, 6.07) is 4.48. The van der Waals surface area contributed by atoms with Gasteiger partial charge in [-0.3, -0.25) is 9.71 Å². The lowest BCUT2D eigenvalue weighted by molar-refractivity contribution is 0.600. The van der Waals surface area contributed by atoms with Crippen LogP contribution in [0.5, 0.6) is 0 Å². The van der Waals surface area contributed by atoms with Crippen LogP contribution in [0.25, 0.3) is 0 Å². The van der Waals surface area contributed by atoms with E-state index >= 15 is 0 Å². The van der Waals surface area contributed by atoms with Crippen LogP contribution in [0.3, 0.4) is 0 Å². The molecule has 0 amide bonds. The zero-order valence-electron chi connectivity index (χ0n) is 15.1. The molecule has 0 aromatic heterocycles. The van der Waals surface area contributed by atoms with Crippen molar-refractivity contribution in [3.63, 3.8) is 0 Å². The van der Waals surface area contributed by atoms with E-state index in [1.165, 1.54) is 18.2 Å². The average Bonchev–Trinajstić information content (AvgIpc) is 2.50. The molecule has 0 heterocycles. The molecule has 0 saturated carbocycles. The van der Waals surface area contributed by atoms with Gasteiger partial charge in [0.25, 0.3) is 0 Å². The Labute approximate surface area is 167 Å². The van der Waals surface area contributed by atoms with Gasteiger partial charge in [0, 0.05) is 12.6 Å². The highest BCUT2D eigenvalue weighted by molar-refractivity contribution is 14.0. The minimum absolute atomic E-state index is 0. The first-order valence-electron chi connectivity index (χ1n) is 8.09. The molecule has 3 N–H and O–H groups in total. The van der Waals surface area contributed by atoms with E-state index in [1.807, 2.05) is 13.8 Å². The van der Waals surface area contributed by atoms with Crippen molar-refractivity contribution in [2.24, 2.45) is 4.99 Å². The molecule has 0 aliphatic rings. The molecule has 0 saturated heterocycles. The van der Waals surface area contributed by atoms with Crippen LogP contribution in [0, 0.1) is 12.7 Å². The highest BCUT2D eigenvalue weighted by Gasteiger charge is 2.11. The van der Waals surface area contributed by atoms with Gasteiger partial charge < -0.3 is 10.6 Å². The molecule has 25 heavy (non-hydrogen) atoms. The molecule has 0 aliphatic heterocycles. The number of sulfonamides is 1. The fourth-order valence-electron chi connectivity index (χ4n) is 1.82. The number of hydrogen-bond donors (Lipinski definition) is 3. The van der Waals surface area contributed by atoms with E-state index < -0.39 is 15.8 Å².